The highest BCUT2D eigenvalue weighted by Gasteiger charge is 2.23. The summed E-state index contributed by atoms with van der Waals surface area (Å²) in [5.41, 5.74) is 1.75. The van der Waals surface area contributed by atoms with Crippen LogP contribution < -0.4 is 15.5 Å². The van der Waals surface area contributed by atoms with Gasteiger partial charge in [0.05, 0.1) is 5.52 Å². The first-order valence-corrected chi connectivity index (χ1v) is 11.7. The first-order chi connectivity index (χ1) is 16.0. The van der Waals surface area contributed by atoms with Crippen LogP contribution in [0.2, 0.25) is 0 Å². The molecule has 174 valence electrons. The highest BCUT2D eigenvalue weighted by molar-refractivity contribution is 5.90. The molecule has 1 heterocycles. The SMILES string of the molecule is CN(C)c1nc(NCC2CCC(NC(=O)CCc3ccccc3O)CC2)nc2ccccc12. The number of aromatic hydroxyl groups is 1. The lowest BCUT2D eigenvalue weighted by molar-refractivity contribution is -0.122. The first-order valence-electron chi connectivity index (χ1n) is 11.7. The number of rotatable bonds is 8. The second kappa shape index (κ2) is 10.5. The molecule has 7 heteroatoms. The molecule has 1 fully saturated rings. The molecule has 3 aromatic rings. The van der Waals surface area contributed by atoms with E-state index in [4.69, 9.17) is 4.98 Å². The van der Waals surface area contributed by atoms with Gasteiger partial charge in [0.1, 0.15) is 11.6 Å². The summed E-state index contributed by atoms with van der Waals surface area (Å²) >= 11 is 0. The van der Waals surface area contributed by atoms with Crippen LogP contribution in [0.4, 0.5) is 11.8 Å². The fourth-order valence-corrected chi connectivity index (χ4v) is 4.50. The Labute approximate surface area is 195 Å². The fourth-order valence-electron chi connectivity index (χ4n) is 4.50. The number of hydrogen-bond donors (Lipinski definition) is 3. The number of benzene rings is 2. The van der Waals surface area contributed by atoms with E-state index in [0.717, 1.165) is 54.5 Å². The Morgan fingerprint density at radius 3 is 2.52 bits per heavy atom. The molecule has 1 amide bonds. The molecular weight excluding hydrogens is 414 g/mol. The van der Waals surface area contributed by atoms with Crippen LogP contribution in [0.5, 0.6) is 5.75 Å². The third kappa shape index (κ3) is 5.92. The molecule has 0 spiro atoms. The Bertz CT molecular complexity index is 1090. The largest absolute Gasteiger partial charge is 0.508 e. The van der Waals surface area contributed by atoms with Crippen LogP contribution in [0.25, 0.3) is 10.9 Å². The van der Waals surface area contributed by atoms with E-state index < -0.39 is 0 Å². The van der Waals surface area contributed by atoms with Crippen molar-refractivity contribution in [3.8, 4) is 5.75 Å². The van der Waals surface area contributed by atoms with E-state index in [1.54, 1.807) is 12.1 Å². The van der Waals surface area contributed by atoms with Gasteiger partial charge in [0.2, 0.25) is 11.9 Å². The Kier molecular flexibility index (Phi) is 7.27. The zero-order valence-corrected chi connectivity index (χ0v) is 19.4. The quantitative estimate of drug-likeness (QED) is 0.481. The molecule has 33 heavy (non-hydrogen) atoms. The lowest BCUT2D eigenvalue weighted by Crippen LogP contribution is -2.38. The average molecular weight is 448 g/mol. The van der Waals surface area contributed by atoms with Crippen LogP contribution in [0.1, 0.15) is 37.7 Å². The van der Waals surface area contributed by atoms with Crippen molar-refractivity contribution in [1.29, 1.82) is 0 Å². The van der Waals surface area contributed by atoms with E-state index >= 15 is 0 Å². The second-order valence-corrected chi connectivity index (χ2v) is 9.08. The molecule has 1 saturated carbocycles. The number of anilines is 2. The fraction of sp³-hybridized carbons (Fsp3) is 0.423. The number of fused-ring (bicyclic) bond motifs is 1. The van der Waals surface area contributed by atoms with E-state index in [2.05, 4.69) is 15.6 Å². The van der Waals surface area contributed by atoms with Gasteiger partial charge in [0.25, 0.3) is 0 Å². The van der Waals surface area contributed by atoms with Crippen molar-refractivity contribution in [2.24, 2.45) is 5.92 Å². The van der Waals surface area contributed by atoms with Gasteiger partial charge in [-0.25, -0.2) is 4.98 Å². The van der Waals surface area contributed by atoms with Crippen molar-refractivity contribution in [3.05, 3.63) is 54.1 Å². The molecule has 1 aliphatic rings. The maximum atomic E-state index is 12.4. The molecule has 0 bridgehead atoms. The number of nitrogens with one attached hydrogen (secondary N) is 2. The minimum atomic E-state index is 0.0561. The van der Waals surface area contributed by atoms with E-state index in [-0.39, 0.29) is 17.7 Å². The number of hydrogen-bond acceptors (Lipinski definition) is 6. The van der Waals surface area contributed by atoms with E-state index in [1.165, 1.54) is 0 Å². The van der Waals surface area contributed by atoms with Crippen molar-refractivity contribution in [3.63, 3.8) is 0 Å². The number of phenols is 1. The molecule has 4 rings (SSSR count). The van der Waals surface area contributed by atoms with Crippen molar-refractivity contribution in [2.45, 2.75) is 44.6 Å². The number of aromatic nitrogens is 2. The number of phenolic OH excluding ortho intramolecular Hbond substituents is 1. The van der Waals surface area contributed by atoms with E-state index in [1.807, 2.05) is 55.4 Å². The molecule has 1 aromatic heterocycles. The highest BCUT2D eigenvalue weighted by atomic mass is 16.3. The molecule has 0 unspecified atom stereocenters. The van der Waals surface area contributed by atoms with E-state index in [9.17, 15) is 9.90 Å². The van der Waals surface area contributed by atoms with Crippen molar-refractivity contribution >= 4 is 28.6 Å². The molecule has 7 nitrogen and oxygen atoms in total. The number of carbonyl (C=O) groups is 1. The van der Waals surface area contributed by atoms with Crippen LogP contribution in [0, 0.1) is 5.92 Å². The summed E-state index contributed by atoms with van der Waals surface area (Å²) < 4.78 is 0. The molecule has 0 radical (unpaired) electrons. The van der Waals surface area contributed by atoms with Gasteiger partial charge in [0, 0.05) is 38.5 Å². The highest BCUT2D eigenvalue weighted by Crippen LogP contribution is 2.27. The Morgan fingerprint density at radius 1 is 1.03 bits per heavy atom. The van der Waals surface area contributed by atoms with Crippen LogP contribution >= 0.6 is 0 Å². The second-order valence-electron chi connectivity index (χ2n) is 9.08. The minimum absolute atomic E-state index is 0.0561. The van der Waals surface area contributed by atoms with Gasteiger partial charge < -0.3 is 20.6 Å². The maximum absolute atomic E-state index is 12.4. The lowest BCUT2D eigenvalue weighted by Gasteiger charge is -2.29. The maximum Gasteiger partial charge on any atom is 0.225 e. The smallest absolute Gasteiger partial charge is 0.225 e. The molecule has 1 aliphatic carbocycles. The monoisotopic (exact) mass is 447 g/mol. The first kappa shape index (κ1) is 22.8. The third-order valence-electron chi connectivity index (χ3n) is 6.38. The number of carbonyl (C=O) groups excluding carboxylic acids is 1. The predicted molar refractivity (Wildman–Crippen MR) is 133 cm³/mol. The molecule has 3 N–H and O–H groups in total. The van der Waals surface area contributed by atoms with Gasteiger partial charge in [0.15, 0.2) is 0 Å². The zero-order chi connectivity index (χ0) is 23.2. The van der Waals surface area contributed by atoms with E-state index in [0.29, 0.717) is 24.7 Å². The van der Waals surface area contributed by atoms with Gasteiger partial charge in [-0.1, -0.05) is 30.3 Å². The van der Waals surface area contributed by atoms with Crippen LogP contribution in [-0.2, 0) is 11.2 Å². The molecule has 0 aliphatic heterocycles. The summed E-state index contributed by atoms with van der Waals surface area (Å²) in [6, 6.07) is 15.5. The molecule has 0 saturated heterocycles. The summed E-state index contributed by atoms with van der Waals surface area (Å²) in [6.45, 7) is 0.832. The number of aryl methyl sites for hydroxylation is 1. The van der Waals surface area contributed by atoms with Crippen LogP contribution in [-0.4, -0.2) is 47.7 Å². The molecular formula is C26H33N5O2. The Morgan fingerprint density at radius 2 is 1.76 bits per heavy atom. The van der Waals surface area contributed by atoms with Gasteiger partial charge in [-0.3, -0.25) is 4.79 Å². The van der Waals surface area contributed by atoms with Gasteiger partial charge in [-0.15, -0.1) is 0 Å². The van der Waals surface area contributed by atoms with Crippen LogP contribution in [0.3, 0.4) is 0 Å². The Hall–Kier alpha value is -3.35. The number of nitrogens with zero attached hydrogens (tertiary/aromatic N) is 3. The summed E-state index contributed by atoms with van der Waals surface area (Å²) in [6.07, 6.45) is 5.04. The van der Waals surface area contributed by atoms with Gasteiger partial charge in [-0.2, -0.15) is 4.98 Å². The minimum Gasteiger partial charge on any atom is -0.508 e. The predicted octanol–water partition coefficient (Wildman–Crippen LogP) is 4.12. The third-order valence-corrected chi connectivity index (χ3v) is 6.38. The van der Waals surface area contributed by atoms with Gasteiger partial charge >= 0.3 is 0 Å². The summed E-state index contributed by atoms with van der Waals surface area (Å²) in [5.74, 6) is 2.43. The van der Waals surface area contributed by atoms with Crippen molar-refractivity contribution in [1.82, 2.24) is 15.3 Å². The van der Waals surface area contributed by atoms with Crippen LogP contribution in [0.15, 0.2) is 48.5 Å². The summed E-state index contributed by atoms with van der Waals surface area (Å²) in [5, 5.41) is 17.5. The zero-order valence-electron chi connectivity index (χ0n) is 19.4. The number of amides is 1. The van der Waals surface area contributed by atoms with Crippen molar-refractivity contribution in [2.75, 3.05) is 30.9 Å². The molecule has 0 atom stereocenters. The Balaban J connectivity index is 1.24. The summed E-state index contributed by atoms with van der Waals surface area (Å²) in [7, 11) is 3.99. The average Bonchev–Trinajstić information content (AvgIpc) is 2.82. The lowest BCUT2D eigenvalue weighted by atomic mass is 9.86. The standard InChI is InChI=1S/C26H33N5O2/c1-31(2)25-21-8-4-5-9-22(21)29-26(30-25)27-17-18-11-14-20(15-12-18)28-24(33)16-13-19-7-3-6-10-23(19)32/h3-10,18,20,32H,11-17H2,1-2H3,(H,28,33)(H,27,29,30). The number of para-hydroxylation sites is 2. The topological polar surface area (TPSA) is 90.4 Å². The summed E-state index contributed by atoms with van der Waals surface area (Å²) in [4.78, 5) is 23.8. The normalized spacial score (nSPS) is 18.1. The van der Waals surface area contributed by atoms with Crippen molar-refractivity contribution < 1.29 is 9.90 Å². The van der Waals surface area contributed by atoms with Gasteiger partial charge in [-0.05, 0) is 61.8 Å². The molecule has 2 aromatic carbocycles.